The van der Waals surface area contributed by atoms with Crippen LogP contribution in [0.3, 0.4) is 0 Å². The Morgan fingerprint density at radius 2 is 1.86 bits per heavy atom. The molecule has 3 aliphatic heterocycles. The number of amides is 5. The first-order valence-electron chi connectivity index (χ1n) is 11.8. The molecule has 2 saturated heterocycles. The summed E-state index contributed by atoms with van der Waals surface area (Å²) in [6.07, 6.45) is 0.974. The van der Waals surface area contributed by atoms with E-state index < -0.39 is 23.0 Å². The van der Waals surface area contributed by atoms with Gasteiger partial charge in [-0.2, -0.15) is 0 Å². The number of hydrogen-bond donors (Lipinski definition) is 3. The highest BCUT2D eigenvalue weighted by Gasteiger charge is 2.51. The van der Waals surface area contributed by atoms with Crippen molar-refractivity contribution in [2.45, 2.75) is 36.9 Å². The highest BCUT2D eigenvalue weighted by Crippen LogP contribution is 2.41. The third-order valence-electron chi connectivity index (χ3n) is 7.47. The molecule has 186 valence electrons. The molecule has 0 radical (unpaired) electrons. The van der Waals surface area contributed by atoms with Gasteiger partial charge in [-0.25, -0.2) is 4.79 Å². The molecule has 2 fully saturated rings. The van der Waals surface area contributed by atoms with E-state index in [0.717, 1.165) is 16.7 Å². The van der Waals surface area contributed by atoms with Gasteiger partial charge in [0.2, 0.25) is 11.4 Å². The monoisotopic (exact) mass is 498 g/mol. The van der Waals surface area contributed by atoms with Gasteiger partial charge in [-0.05, 0) is 53.8 Å². The SMILES string of the molecule is COc1ccc2c(c1)C(=O)N(C[C@@]1(C#Cc3ccc4c(c3)CC[C@]43NC(=O)CC3=O)NC(=O)NC1=O)C2. The molecule has 2 aromatic rings. The predicted octanol–water partition coefficient (Wildman–Crippen LogP) is 0.511. The minimum atomic E-state index is -1.63. The van der Waals surface area contributed by atoms with Gasteiger partial charge >= 0.3 is 6.03 Å². The van der Waals surface area contributed by atoms with E-state index in [-0.39, 0.29) is 37.1 Å². The van der Waals surface area contributed by atoms with Crippen molar-refractivity contribution in [1.29, 1.82) is 0 Å². The molecule has 0 saturated carbocycles. The summed E-state index contributed by atoms with van der Waals surface area (Å²) in [7, 11) is 1.52. The number of fused-ring (bicyclic) bond motifs is 3. The van der Waals surface area contributed by atoms with E-state index >= 15 is 0 Å². The fourth-order valence-corrected chi connectivity index (χ4v) is 5.61. The largest absolute Gasteiger partial charge is 0.497 e. The van der Waals surface area contributed by atoms with E-state index in [1.165, 1.54) is 12.0 Å². The number of carbonyl (C=O) groups excluding carboxylic acids is 5. The zero-order chi connectivity index (χ0) is 25.9. The number of methoxy groups -OCH3 is 1. The highest BCUT2D eigenvalue weighted by atomic mass is 16.5. The maximum Gasteiger partial charge on any atom is 0.323 e. The fourth-order valence-electron chi connectivity index (χ4n) is 5.61. The van der Waals surface area contributed by atoms with Gasteiger partial charge in [-0.1, -0.05) is 24.0 Å². The van der Waals surface area contributed by atoms with E-state index in [0.29, 0.717) is 29.7 Å². The number of ketones is 1. The van der Waals surface area contributed by atoms with Crippen LogP contribution in [0.15, 0.2) is 36.4 Å². The second-order valence-electron chi connectivity index (χ2n) is 9.67. The molecule has 6 rings (SSSR count). The van der Waals surface area contributed by atoms with Crippen molar-refractivity contribution in [3.05, 3.63) is 64.2 Å². The number of carbonyl (C=O) groups is 5. The summed E-state index contributed by atoms with van der Waals surface area (Å²) in [6, 6.07) is 9.87. The van der Waals surface area contributed by atoms with Crippen molar-refractivity contribution < 1.29 is 28.7 Å². The molecule has 3 heterocycles. The number of imide groups is 1. The van der Waals surface area contributed by atoms with Gasteiger partial charge in [-0.3, -0.25) is 24.5 Å². The van der Waals surface area contributed by atoms with Crippen LogP contribution < -0.4 is 20.7 Å². The van der Waals surface area contributed by atoms with E-state index in [1.807, 2.05) is 6.07 Å². The first kappa shape index (κ1) is 22.8. The van der Waals surface area contributed by atoms with Crippen molar-refractivity contribution in [2.24, 2.45) is 0 Å². The fraction of sp³-hybridized carbons (Fsp3) is 0.296. The zero-order valence-corrected chi connectivity index (χ0v) is 19.9. The number of aryl methyl sites for hydroxylation is 1. The maximum absolute atomic E-state index is 13.1. The Balaban J connectivity index is 1.30. The summed E-state index contributed by atoms with van der Waals surface area (Å²) in [4.78, 5) is 63.9. The third kappa shape index (κ3) is 3.46. The van der Waals surface area contributed by atoms with Crippen LogP contribution in [-0.4, -0.2) is 53.6 Å². The maximum atomic E-state index is 13.1. The Morgan fingerprint density at radius 3 is 2.57 bits per heavy atom. The average Bonchev–Trinajstić information content (AvgIpc) is 3.56. The van der Waals surface area contributed by atoms with Crippen LogP contribution in [0.1, 0.15) is 45.5 Å². The first-order chi connectivity index (χ1) is 17.7. The Hall–Kier alpha value is -4.65. The minimum absolute atomic E-state index is 0.121. The lowest BCUT2D eigenvalue weighted by molar-refractivity contribution is -0.124. The number of nitrogens with zero attached hydrogens (tertiary/aromatic N) is 1. The summed E-state index contributed by atoms with van der Waals surface area (Å²) in [6.45, 7) is 0.132. The number of nitrogens with one attached hydrogen (secondary N) is 3. The second-order valence-corrected chi connectivity index (χ2v) is 9.67. The number of benzene rings is 2. The molecule has 1 spiro atoms. The van der Waals surface area contributed by atoms with Crippen molar-refractivity contribution in [3.8, 4) is 17.6 Å². The summed E-state index contributed by atoms with van der Waals surface area (Å²) >= 11 is 0. The summed E-state index contributed by atoms with van der Waals surface area (Å²) in [5.41, 5.74) is 0.929. The van der Waals surface area contributed by atoms with E-state index in [9.17, 15) is 24.0 Å². The normalized spacial score (nSPS) is 25.4. The number of Topliss-reactive ketones (excluding diaryl/α,β-unsaturated/α-hetero) is 1. The molecule has 10 nitrogen and oxygen atoms in total. The van der Waals surface area contributed by atoms with E-state index in [1.54, 1.807) is 30.3 Å². The molecule has 37 heavy (non-hydrogen) atoms. The van der Waals surface area contributed by atoms with Crippen molar-refractivity contribution in [1.82, 2.24) is 20.9 Å². The summed E-state index contributed by atoms with van der Waals surface area (Å²) in [5.74, 6) is 5.11. The Morgan fingerprint density at radius 1 is 1.03 bits per heavy atom. The third-order valence-corrected chi connectivity index (χ3v) is 7.47. The molecule has 5 amide bonds. The quantitative estimate of drug-likeness (QED) is 0.321. The molecule has 0 aromatic heterocycles. The van der Waals surface area contributed by atoms with Crippen molar-refractivity contribution in [2.75, 3.05) is 13.7 Å². The molecule has 2 atom stereocenters. The lowest BCUT2D eigenvalue weighted by Gasteiger charge is -2.26. The topological polar surface area (TPSA) is 134 Å². The van der Waals surface area contributed by atoms with Gasteiger partial charge in [0.05, 0.1) is 20.1 Å². The van der Waals surface area contributed by atoms with Crippen molar-refractivity contribution >= 4 is 29.5 Å². The minimum Gasteiger partial charge on any atom is -0.497 e. The lowest BCUT2D eigenvalue weighted by atomic mass is 9.88. The van der Waals surface area contributed by atoms with Crippen molar-refractivity contribution in [3.63, 3.8) is 0 Å². The van der Waals surface area contributed by atoms with Gasteiger partial charge in [0.25, 0.3) is 11.8 Å². The Kier molecular flexibility index (Phi) is 4.88. The molecule has 0 bridgehead atoms. The number of ether oxygens (including phenoxy) is 1. The molecular weight excluding hydrogens is 476 g/mol. The van der Waals surface area contributed by atoms with Crippen LogP contribution >= 0.6 is 0 Å². The van der Waals surface area contributed by atoms with Crippen LogP contribution in [0.2, 0.25) is 0 Å². The number of rotatable bonds is 3. The Bertz CT molecular complexity index is 1500. The molecule has 1 aliphatic carbocycles. The van der Waals surface area contributed by atoms with Crippen LogP contribution in [-0.2, 0) is 32.9 Å². The smallest absolute Gasteiger partial charge is 0.323 e. The van der Waals surface area contributed by atoms with Gasteiger partial charge in [0, 0.05) is 17.7 Å². The van der Waals surface area contributed by atoms with Gasteiger partial charge in [0.15, 0.2) is 5.78 Å². The van der Waals surface area contributed by atoms with E-state index in [2.05, 4.69) is 27.8 Å². The highest BCUT2D eigenvalue weighted by molar-refractivity contribution is 6.11. The molecular formula is C27H22N4O6. The molecule has 0 unspecified atom stereocenters. The predicted molar refractivity (Wildman–Crippen MR) is 128 cm³/mol. The zero-order valence-electron chi connectivity index (χ0n) is 19.9. The van der Waals surface area contributed by atoms with Crippen LogP contribution in [0.25, 0.3) is 0 Å². The van der Waals surface area contributed by atoms with Crippen LogP contribution in [0.5, 0.6) is 5.75 Å². The summed E-state index contributed by atoms with van der Waals surface area (Å²) < 4.78 is 5.21. The standard InChI is InChI=1S/C27H22N4O6/c1-37-18-4-3-17-13-31(23(34)19(17)11-18)14-26(24(35)28-25(36)30-26)8-6-15-2-5-20-16(10-15)7-9-27(20)21(32)12-22(33)29-27/h2-5,10-11H,7,9,12-14H2,1H3,(H,29,33)(H2,28,30,35,36)/t26-,27+/m1/s1. The lowest BCUT2D eigenvalue weighted by Crippen LogP contribution is -2.54. The first-order valence-corrected chi connectivity index (χ1v) is 11.8. The molecule has 3 N–H and O–H groups in total. The summed E-state index contributed by atoms with van der Waals surface area (Å²) in [5, 5.41) is 7.67. The second kappa shape index (κ2) is 7.93. The van der Waals surface area contributed by atoms with Gasteiger partial charge < -0.3 is 20.3 Å². The number of urea groups is 1. The molecule has 10 heteroatoms. The van der Waals surface area contributed by atoms with E-state index in [4.69, 9.17) is 4.74 Å². The number of hydrogen-bond acceptors (Lipinski definition) is 6. The molecule has 4 aliphatic rings. The van der Waals surface area contributed by atoms with Crippen LogP contribution in [0.4, 0.5) is 4.79 Å². The van der Waals surface area contributed by atoms with Gasteiger partial charge in [-0.15, -0.1) is 0 Å². The Labute approximate surface area is 211 Å². The van der Waals surface area contributed by atoms with Crippen LogP contribution in [0, 0.1) is 11.8 Å². The average molecular weight is 498 g/mol. The van der Waals surface area contributed by atoms with Gasteiger partial charge in [0.1, 0.15) is 11.3 Å². The molecule has 2 aromatic carbocycles.